The fourth-order valence-corrected chi connectivity index (χ4v) is 7.84. The van der Waals surface area contributed by atoms with Crippen LogP contribution in [0.2, 0.25) is 5.02 Å². The van der Waals surface area contributed by atoms with Crippen LogP contribution in [-0.2, 0) is 0 Å². The largest absolute Gasteiger partial charge is 0.351 e. The molecule has 17 heteroatoms. The average molecular weight is 825 g/mol. The summed E-state index contributed by atoms with van der Waals surface area (Å²) in [6.45, 7) is 2.67. The summed E-state index contributed by atoms with van der Waals surface area (Å²) in [7, 11) is 1.96. The molecule has 8 rings (SSSR count). The highest BCUT2D eigenvalue weighted by molar-refractivity contribution is 6.41. The van der Waals surface area contributed by atoms with Crippen LogP contribution in [0.1, 0.15) is 62.1 Å². The zero-order chi connectivity index (χ0) is 40.1. The molecule has 3 aliphatic heterocycles. The molecule has 0 unspecified atom stereocenters. The van der Waals surface area contributed by atoms with Crippen molar-refractivity contribution in [3.63, 3.8) is 0 Å². The number of imide groups is 2. The van der Waals surface area contributed by atoms with E-state index in [4.69, 9.17) is 11.6 Å². The van der Waals surface area contributed by atoms with Crippen molar-refractivity contribution in [2.75, 3.05) is 64.3 Å². The fourth-order valence-electron chi connectivity index (χ4n) is 7.61. The summed E-state index contributed by atoms with van der Waals surface area (Å²) in [4.78, 5) is 98.8. The Morgan fingerprint density at radius 1 is 0.741 bits per heavy atom. The van der Waals surface area contributed by atoms with E-state index in [2.05, 4.69) is 15.5 Å². The number of amides is 6. The standard InChI is InChI=1S/C41H34ClN7O8.ClH/c1-45-14-16-46(17-15-45)37(51)25-18-24(20-26(21-25)48-40(54)30-7-3-5-28-33(42)9-8-31(35(28)30)41(48)55)36(50)44-11-10-43-12-13-47-38(52)29-6-2-4-23-19-27(49(56)57)22-32(34(23)29)39(47)53;/h2-9,18-22,43H,10-17H2,1H3,(H,44,50);1H. The summed E-state index contributed by atoms with van der Waals surface area (Å²) >= 11 is 6.41. The molecule has 0 spiro atoms. The van der Waals surface area contributed by atoms with Crippen LogP contribution in [0.15, 0.2) is 78.9 Å². The third-order valence-electron chi connectivity index (χ3n) is 10.6. The van der Waals surface area contributed by atoms with E-state index in [1.165, 1.54) is 30.3 Å². The van der Waals surface area contributed by atoms with Crippen LogP contribution in [0.25, 0.3) is 21.5 Å². The predicted molar refractivity (Wildman–Crippen MR) is 218 cm³/mol. The average Bonchev–Trinajstić information content (AvgIpc) is 3.21. The fraction of sp³-hybridized carbons (Fsp3) is 0.220. The SMILES string of the molecule is CN1CCN(C(=O)c2cc(C(=O)NCCNCCN3C(=O)c4cccc5cc([N+](=O)[O-])cc(c45)C3=O)cc(N3C(=O)c4cccc5c(Cl)ccc(c45)C3=O)c2)CC1.Cl. The number of hydrogen-bond donors (Lipinski definition) is 2. The molecular weight excluding hydrogens is 789 g/mol. The molecule has 3 aliphatic rings. The second kappa shape index (κ2) is 15.9. The molecule has 1 fully saturated rings. The number of anilines is 1. The quantitative estimate of drug-likeness (QED) is 0.0861. The molecule has 5 aromatic carbocycles. The van der Waals surface area contributed by atoms with Gasteiger partial charge < -0.3 is 20.4 Å². The van der Waals surface area contributed by atoms with Gasteiger partial charge in [-0.25, -0.2) is 4.90 Å². The van der Waals surface area contributed by atoms with E-state index in [0.717, 1.165) is 9.80 Å². The first-order valence-electron chi connectivity index (χ1n) is 18.2. The van der Waals surface area contributed by atoms with Gasteiger partial charge in [0.15, 0.2) is 0 Å². The molecule has 0 aliphatic carbocycles. The molecule has 0 atom stereocenters. The summed E-state index contributed by atoms with van der Waals surface area (Å²) in [6.07, 6.45) is 0. The van der Waals surface area contributed by atoms with Crippen molar-refractivity contribution in [3.05, 3.63) is 127 Å². The summed E-state index contributed by atoms with van der Waals surface area (Å²) in [5.41, 5.74) is 0.862. The van der Waals surface area contributed by atoms with Crippen LogP contribution in [0, 0.1) is 10.1 Å². The van der Waals surface area contributed by atoms with Crippen LogP contribution in [0.5, 0.6) is 0 Å². The topological polar surface area (TPSA) is 183 Å². The van der Waals surface area contributed by atoms with Crippen molar-refractivity contribution in [2.24, 2.45) is 0 Å². The van der Waals surface area contributed by atoms with E-state index in [1.807, 2.05) is 7.05 Å². The number of piperazine rings is 1. The molecule has 0 saturated carbocycles. The number of nitrogens with zero attached hydrogens (tertiary/aromatic N) is 5. The number of halogens is 2. The number of nitrogens with one attached hydrogen (secondary N) is 2. The normalized spacial score (nSPS) is 15.2. The molecule has 58 heavy (non-hydrogen) atoms. The highest BCUT2D eigenvalue weighted by Crippen LogP contribution is 2.37. The maximum Gasteiger partial charge on any atom is 0.270 e. The molecule has 296 valence electrons. The molecule has 0 bridgehead atoms. The molecular formula is C41H35Cl2N7O8. The minimum absolute atomic E-state index is 0. The number of nitro groups is 1. The Kier molecular flexibility index (Phi) is 11.0. The van der Waals surface area contributed by atoms with Crippen LogP contribution in [0.4, 0.5) is 11.4 Å². The first kappa shape index (κ1) is 40.0. The van der Waals surface area contributed by atoms with Gasteiger partial charge in [0.25, 0.3) is 41.1 Å². The lowest BCUT2D eigenvalue weighted by Crippen LogP contribution is -2.47. The van der Waals surface area contributed by atoms with Crippen LogP contribution in [-0.4, -0.2) is 114 Å². The first-order chi connectivity index (χ1) is 27.4. The van der Waals surface area contributed by atoms with E-state index in [0.29, 0.717) is 52.7 Å². The number of carbonyl (C=O) groups is 6. The number of rotatable bonds is 10. The molecule has 2 N–H and O–H groups in total. The highest BCUT2D eigenvalue weighted by Gasteiger charge is 2.36. The van der Waals surface area contributed by atoms with Crippen molar-refractivity contribution in [1.82, 2.24) is 25.3 Å². The molecule has 15 nitrogen and oxygen atoms in total. The van der Waals surface area contributed by atoms with Gasteiger partial charge in [-0.3, -0.25) is 43.8 Å². The molecule has 0 radical (unpaired) electrons. The number of carbonyl (C=O) groups excluding carboxylic acids is 6. The van der Waals surface area contributed by atoms with Gasteiger partial charge in [-0.2, -0.15) is 0 Å². The van der Waals surface area contributed by atoms with E-state index < -0.39 is 34.5 Å². The van der Waals surface area contributed by atoms with Crippen molar-refractivity contribution < 1.29 is 33.7 Å². The van der Waals surface area contributed by atoms with Gasteiger partial charge in [-0.05, 0) is 54.9 Å². The lowest BCUT2D eigenvalue weighted by molar-refractivity contribution is -0.384. The Bertz CT molecular complexity index is 2590. The molecule has 0 aromatic heterocycles. The van der Waals surface area contributed by atoms with Crippen LogP contribution in [0.3, 0.4) is 0 Å². The second-order valence-corrected chi connectivity index (χ2v) is 14.5. The van der Waals surface area contributed by atoms with Crippen molar-refractivity contribution in [3.8, 4) is 0 Å². The monoisotopic (exact) mass is 823 g/mol. The lowest BCUT2D eigenvalue weighted by Gasteiger charge is -2.33. The minimum atomic E-state index is -0.640. The van der Waals surface area contributed by atoms with E-state index in [-0.39, 0.29) is 89.2 Å². The lowest BCUT2D eigenvalue weighted by atomic mass is 9.93. The summed E-state index contributed by atoms with van der Waals surface area (Å²) in [6, 6.07) is 19.8. The van der Waals surface area contributed by atoms with Crippen molar-refractivity contribution >= 4 is 92.4 Å². The third-order valence-corrected chi connectivity index (χ3v) is 10.9. The number of benzene rings is 5. The second-order valence-electron chi connectivity index (χ2n) is 14.1. The van der Waals surface area contributed by atoms with Gasteiger partial charge >= 0.3 is 0 Å². The molecule has 3 heterocycles. The number of hydrogen-bond acceptors (Lipinski definition) is 10. The van der Waals surface area contributed by atoms with Gasteiger partial charge in [0.05, 0.1) is 16.2 Å². The van der Waals surface area contributed by atoms with E-state index in [1.54, 1.807) is 53.4 Å². The maximum absolute atomic E-state index is 14.0. The Hall–Kier alpha value is -6.26. The Labute approximate surface area is 342 Å². The molecule has 1 saturated heterocycles. The summed E-state index contributed by atoms with van der Waals surface area (Å²) in [5, 5.41) is 19.6. The maximum atomic E-state index is 14.0. The number of likely N-dealkylation sites (N-methyl/N-ethyl adjacent to an activating group) is 1. The van der Waals surface area contributed by atoms with Gasteiger partial charge in [-0.1, -0.05) is 35.9 Å². The van der Waals surface area contributed by atoms with Crippen molar-refractivity contribution in [1.29, 1.82) is 0 Å². The van der Waals surface area contributed by atoms with Gasteiger partial charge in [0, 0.05) is 113 Å². The zero-order valence-corrected chi connectivity index (χ0v) is 32.5. The third kappa shape index (κ3) is 7.02. The molecule has 6 amide bonds. The number of nitro benzene ring substituents is 1. The van der Waals surface area contributed by atoms with E-state index in [9.17, 15) is 38.9 Å². The van der Waals surface area contributed by atoms with Gasteiger partial charge in [-0.15, -0.1) is 12.4 Å². The minimum Gasteiger partial charge on any atom is -0.351 e. The Morgan fingerprint density at radius 3 is 2.12 bits per heavy atom. The predicted octanol–water partition coefficient (Wildman–Crippen LogP) is 4.78. The summed E-state index contributed by atoms with van der Waals surface area (Å²) in [5.74, 6) is -3.31. The number of non-ortho nitro benzene ring substituents is 1. The first-order valence-corrected chi connectivity index (χ1v) is 18.6. The Balaban J connectivity index is 0.00000512. The summed E-state index contributed by atoms with van der Waals surface area (Å²) < 4.78 is 0. The van der Waals surface area contributed by atoms with Crippen LogP contribution < -0.4 is 15.5 Å². The highest BCUT2D eigenvalue weighted by atomic mass is 35.5. The van der Waals surface area contributed by atoms with E-state index >= 15 is 0 Å². The van der Waals surface area contributed by atoms with Crippen LogP contribution >= 0.6 is 24.0 Å². The zero-order valence-electron chi connectivity index (χ0n) is 31.0. The molecule has 5 aromatic rings. The van der Waals surface area contributed by atoms with Crippen molar-refractivity contribution in [2.45, 2.75) is 0 Å². The van der Waals surface area contributed by atoms with Gasteiger partial charge in [0.1, 0.15) is 0 Å². The smallest absolute Gasteiger partial charge is 0.270 e. The van der Waals surface area contributed by atoms with Gasteiger partial charge in [0.2, 0.25) is 0 Å². The Morgan fingerprint density at radius 2 is 1.40 bits per heavy atom.